The third-order valence-electron chi connectivity index (χ3n) is 1.18. The summed E-state index contributed by atoms with van der Waals surface area (Å²) in [6.07, 6.45) is 1.24. The van der Waals surface area contributed by atoms with Crippen LogP contribution in [0.3, 0.4) is 0 Å². The Morgan fingerprint density at radius 1 is 1.50 bits per heavy atom. The molecule has 12 heavy (non-hydrogen) atoms. The zero-order valence-corrected chi connectivity index (χ0v) is 7.34. The zero-order valence-electron chi connectivity index (χ0n) is 7.34. The van der Waals surface area contributed by atoms with Crippen LogP contribution in [0.25, 0.3) is 0 Å². The topological polar surface area (TPSA) is 93.5 Å². The second-order valence-electron chi connectivity index (χ2n) is 2.41. The van der Waals surface area contributed by atoms with Gasteiger partial charge >= 0.3 is 0 Å². The summed E-state index contributed by atoms with van der Waals surface area (Å²) < 4.78 is 0. The molecular weight excluding hydrogens is 156 g/mol. The van der Waals surface area contributed by atoms with E-state index in [0.29, 0.717) is 19.0 Å². The van der Waals surface area contributed by atoms with Crippen LogP contribution in [-0.4, -0.2) is 25.0 Å². The van der Waals surface area contributed by atoms with E-state index in [2.05, 4.69) is 10.3 Å². The van der Waals surface area contributed by atoms with E-state index in [1.165, 1.54) is 0 Å². The molecule has 0 heterocycles. The molecule has 0 aromatic carbocycles. The Balaban J connectivity index is 3.42. The highest BCUT2D eigenvalue weighted by Crippen LogP contribution is 1.77. The van der Waals surface area contributed by atoms with Crippen LogP contribution in [0.15, 0.2) is 4.99 Å². The third-order valence-corrected chi connectivity index (χ3v) is 1.18. The van der Waals surface area contributed by atoms with Crippen molar-refractivity contribution in [2.75, 3.05) is 13.1 Å². The van der Waals surface area contributed by atoms with Crippen LogP contribution in [-0.2, 0) is 4.79 Å². The number of nitrogens with zero attached hydrogens (tertiary/aromatic N) is 1. The summed E-state index contributed by atoms with van der Waals surface area (Å²) in [6.45, 7) is 3.17. The molecule has 5 nitrogen and oxygen atoms in total. The molecule has 0 aliphatic heterocycles. The van der Waals surface area contributed by atoms with E-state index in [1.807, 2.05) is 6.92 Å². The highest BCUT2D eigenvalue weighted by atomic mass is 16.1. The Hall–Kier alpha value is -1.26. The number of carbonyl (C=O) groups is 1. The molecule has 0 saturated carbocycles. The minimum Gasteiger partial charge on any atom is -0.370 e. The first kappa shape index (κ1) is 10.7. The number of guanidine groups is 1. The summed E-state index contributed by atoms with van der Waals surface area (Å²) in [7, 11) is 0. The second kappa shape index (κ2) is 6.45. The number of hydrogen-bond acceptors (Lipinski definition) is 2. The number of amides is 1. The molecule has 0 aliphatic rings. The Morgan fingerprint density at radius 3 is 2.67 bits per heavy atom. The van der Waals surface area contributed by atoms with Crippen molar-refractivity contribution in [2.24, 2.45) is 16.5 Å². The van der Waals surface area contributed by atoms with Gasteiger partial charge in [0.15, 0.2) is 5.96 Å². The van der Waals surface area contributed by atoms with Gasteiger partial charge in [-0.1, -0.05) is 6.92 Å². The molecule has 1 amide bonds. The fraction of sp³-hybridized carbons (Fsp3) is 0.714. The quantitative estimate of drug-likeness (QED) is 0.373. The van der Waals surface area contributed by atoms with E-state index < -0.39 is 0 Å². The van der Waals surface area contributed by atoms with E-state index in [-0.39, 0.29) is 12.3 Å². The lowest BCUT2D eigenvalue weighted by molar-refractivity contribution is -0.117. The van der Waals surface area contributed by atoms with E-state index in [0.717, 1.165) is 6.42 Å². The van der Waals surface area contributed by atoms with Crippen LogP contribution >= 0.6 is 0 Å². The lowest BCUT2D eigenvalue weighted by Crippen LogP contribution is -2.34. The fourth-order valence-electron chi connectivity index (χ4n) is 0.602. The highest BCUT2D eigenvalue weighted by Gasteiger charge is 1.93. The molecule has 0 aromatic heterocycles. The summed E-state index contributed by atoms with van der Waals surface area (Å²) in [5.74, 6) is 0.0314. The molecule has 0 aromatic rings. The number of rotatable bonds is 5. The molecule has 0 atom stereocenters. The third kappa shape index (κ3) is 6.85. The van der Waals surface area contributed by atoms with Gasteiger partial charge in [0.05, 0.1) is 0 Å². The average Bonchev–Trinajstić information content (AvgIpc) is 2.00. The van der Waals surface area contributed by atoms with Gasteiger partial charge in [0.2, 0.25) is 5.91 Å². The number of hydrogen-bond donors (Lipinski definition) is 3. The first-order valence-corrected chi connectivity index (χ1v) is 3.99. The predicted molar refractivity (Wildman–Crippen MR) is 48.6 cm³/mol. The standard InChI is InChI=1S/C7H16N4O/c1-2-4-10-7(9)11-5-3-6(8)12/h2-5H2,1H3,(H2,8,12)(H3,9,10,11). The Bertz CT molecular complexity index is 167. The number of nitrogens with two attached hydrogens (primary N) is 2. The average molecular weight is 172 g/mol. The molecule has 0 bridgehead atoms. The maximum Gasteiger partial charge on any atom is 0.219 e. The van der Waals surface area contributed by atoms with E-state index in [4.69, 9.17) is 11.5 Å². The molecule has 5 heteroatoms. The van der Waals surface area contributed by atoms with Crippen molar-refractivity contribution in [3.05, 3.63) is 0 Å². The molecule has 0 spiro atoms. The zero-order chi connectivity index (χ0) is 9.40. The van der Waals surface area contributed by atoms with Gasteiger partial charge < -0.3 is 16.8 Å². The predicted octanol–water partition coefficient (Wildman–Crippen LogP) is -0.824. The summed E-state index contributed by atoms with van der Waals surface area (Å²) in [5.41, 5.74) is 10.4. The van der Waals surface area contributed by atoms with Crippen molar-refractivity contribution in [3.63, 3.8) is 0 Å². The molecule has 70 valence electrons. The number of primary amides is 1. The molecule has 5 N–H and O–H groups in total. The summed E-state index contributed by atoms with van der Waals surface area (Å²) in [6, 6.07) is 0. The van der Waals surface area contributed by atoms with E-state index >= 15 is 0 Å². The van der Waals surface area contributed by atoms with Gasteiger partial charge in [-0.05, 0) is 6.42 Å². The minimum absolute atomic E-state index is 0.280. The van der Waals surface area contributed by atoms with Gasteiger partial charge in [-0.2, -0.15) is 0 Å². The van der Waals surface area contributed by atoms with Crippen molar-refractivity contribution >= 4 is 11.9 Å². The Morgan fingerprint density at radius 2 is 2.17 bits per heavy atom. The Kier molecular flexibility index (Phi) is 5.77. The van der Waals surface area contributed by atoms with Crippen LogP contribution in [0.5, 0.6) is 0 Å². The van der Waals surface area contributed by atoms with E-state index in [1.54, 1.807) is 0 Å². The molecule has 0 radical (unpaired) electrons. The number of carbonyl (C=O) groups excluding carboxylic acids is 1. The van der Waals surface area contributed by atoms with Crippen molar-refractivity contribution in [3.8, 4) is 0 Å². The minimum atomic E-state index is -0.342. The number of nitrogens with one attached hydrogen (secondary N) is 1. The number of aliphatic imine (C=N–C) groups is 1. The van der Waals surface area contributed by atoms with Crippen molar-refractivity contribution in [1.29, 1.82) is 0 Å². The lowest BCUT2D eigenvalue weighted by atomic mass is 10.4. The van der Waals surface area contributed by atoms with Gasteiger partial charge in [0.25, 0.3) is 0 Å². The maximum absolute atomic E-state index is 10.3. The monoisotopic (exact) mass is 172 g/mol. The molecule has 0 aliphatic carbocycles. The maximum atomic E-state index is 10.3. The van der Waals surface area contributed by atoms with Crippen molar-refractivity contribution < 1.29 is 4.79 Å². The SMILES string of the molecule is CCCN=C(N)NCCC(N)=O. The second-order valence-corrected chi connectivity index (χ2v) is 2.41. The van der Waals surface area contributed by atoms with Crippen LogP contribution < -0.4 is 16.8 Å². The Labute approximate surface area is 72.2 Å². The first-order chi connectivity index (χ1) is 5.66. The molecule has 0 unspecified atom stereocenters. The summed E-state index contributed by atoms with van der Waals surface area (Å²) >= 11 is 0. The lowest BCUT2D eigenvalue weighted by Gasteiger charge is -2.02. The summed E-state index contributed by atoms with van der Waals surface area (Å²) in [4.78, 5) is 14.3. The largest absolute Gasteiger partial charge is 0.370 e. The van der Waals surface area contributed by atoms with Gasteiger partial charge in [0, 0.05) is 19.5 Å². The fourth-order valence-corrected chi connectivity index (χ4v) is 0.602. The normalized spacial score (nSPS) is 11.2. The first-order valence-electron chi connectivity index (χ1n) is 3.99. The van der Waals surface area contributed by atoms with E-state index in [9.17, 15) is 4.79 Å². The van der Waals surface area contributed by atoms with Gasteiger partial charge in [0.1, 0.15) is 0 Å². The van der Waals surface area contributed by atoms with Crippen LogP contribution in [0.1, 0.15) is 19.8 Å². The van der Waals surface area contributed by atoms with Crippen LogP contribution in [0.2, 0.25) is 0 Å². The molecule has 0 fully saturated rings. The van der Waals surface area contributed by atoms with Gasteiger partial charge in [-0.15, -0.1) is 0 Å². The van der Waals surface area contributed by atoms with Crippen LogP contribution in [0, 0.1) is 0 Å². The van der Waals surface area contributed by atoms with Crippen molar-refractivity contribution in [1.82, 2.24) is 5.32 Å². The van der Waals surface area contributed by atoms with Crippen molar-refractivity contribution in [2.45, 2.75) is 19.8 Å². The highest BCUT2D eigenvalue weighted by molar-refractivity contribution is 5.79. The smallest absolute Gasteiger partial charge is 0.219 e. The van der Waals surface area contributed by atoms with Gasteiger partial charge in [-0.25, -0.2) is 0 Å². The van der Waals surface area contributed by atoms with Gasteiger partial charge in [-0.3, -0.25) is 9.79 Å². The molecule has 0 rings (SSSR count). The molecular formula is C7H16N4O. The van der Waals surface area contributed by atoms with Crippen LogP contribution in [0.4, 0.5) is 0 Å². The summed E-state index contributed by atoms with van der Waals surface area (Å²) in [5, 5.41) is 2.78. The molecule has 0 saturated heterocycles.